The van der Waals surface area contributed by atoms with Crippen LogP contribution in [0.5, 0.6) is 0 Å². The number of rotatable bonds is 6. The minimum Gasteiger partial charge on any atom is -0.384 e. The van der Waals surface area contributed by atoms with Crippen molar-refractivity contribution in [2.45, 2.75) is 13.3 Å². The van der Waals surface area contributed by atoms with Crippen molar-refractivity contribution in [2.75, 3.05) is 23.5 Å². The molecule has 0 saturated carbocycles. The molecule has 1 aromatic heterocycles. The van der Waals surface area contributed by atoms with Crippen LogP contribution < -0.4 is 16.1 Å². The first kappa shape index (κ1) is 18.0. The monoisotopic (exact) mass is 382 g/mol. The first-order valence-electron chi connectivity index (χ1n) is 8.92. The van der Waals surface area contributed by atoms with Crippen LogP contribution in [0.4, 0.5) is 15.8 Å². The van der Waals surface area contributed by atoms with Gasteiger partial charge < -0.3 is 20.9 Å². The molecule has 0 aliphatic carbocycles. The van der Waals surface area contributed by atoms with Crippen molar-refractivity contribution in [2.24, 2.45) is 5.73 Å². The second kappa shape index (κ2) is 6.97. The zero-order valence-electron chi connectivity index (χ0n) is 15.2. The van der Waals surface area contributed by atoms with Crippen molar-refractivity contribution < 1.29 is 18.8 Å². The largest absolute Gasteiger partial charge is 0.384 e. The second-order valence-electron chi connectivity index (χ2n) is 6.50. The quantitative estimate of drug-likeness (QED) is 0.569. The van der Waals surface area contributed by atoms with Crippen LogP contribution in [0.15, 0.2) is 36.5 Å². The molecule has 2 aromatic carbocycles. The predicted octanol–water partition coefficient (Wildman–Crippen LogP) is 3.17. The maximum Gasteiger partial charge on any atom is 0.330 e. The molecule has 8 heteroatoms. The highest BCUT2D eigenvalue weighted by Crippen LogP contribution is 2.46. The summed E-state index contributed by atoms with van der Waals surface area (Å²) in [5, 5.41) is 4.83. The van der Waals surface area contributed by atoms with Crippen LogP contribution in [0.2, 0.25) is 0 Å². The van der Waals surface area contributed by atoms with Crippen molar-refractivity contribution >= 4 is 34.0 Å². The number of hydrogen-bond donors (Lipinski definition) is 3. The molecule has 4 rings (SSSR count). The van der Waals surface area contributed by atoms with Gasteiger partial charge in [-0.25, -0.2) is 9.18 Å². The number of nitrogens with one attached hydrogen (secondary N) is 2. The zero-order chi connectivity index (χ0) is 19.8. The van der Waals surface area contributed by atoms with Gasteiger partial charge in [-0.15, -0.1) is 5.06 Å². The van der Waals surface area contributed by atoms with Crippen LogP contribution >= 0.6 is 0 Å². The highest BCUT2D eigenvalue weighted by molar-refractivity contribution is 6.29. The van der Waals surface area contributed by atoms with Gasteiger partial charge in [0.2, 0.25) is 0 Å². The number of nitrogens with zero attached hydrogens (tertiary/aromatic N) is 1. The summed E-state index contributed by atoms with van der Waals surface area (Å²) in [5.41, 5.74) is 8.04. The molecule has 0 radical (unpaired) electrons. The topological polar surface area (TPSA) is 100 Å². The van der Waals surface area contributed by atoms with Crippen LogP contribution in [0.25, 0.3) is 22.0 Å². The lowest BCUT2D eigenvalue weighted by molar-refractivity contribution is -0.141. The molecule has 0 atom stereocenters. The van der Waals surface area contributed by atoms with Gasteiger partial charge in [0.15, 0.2) is 0 Å². The molecule has 28 heavy (non-hydrogen) atoms. The molecular weight excluding hydrogens is 363 g/mol. The Hall–Kier alpha value is -3.39. The van der Waals surface area contributed by atoms with E-state index >= 15 is 0 Å². The number of benzene rings is 2. The average Bonchev–Trinajstić information content (AvgIpc) is 3.28. The Morgan fingerprint density at radius 2 is 2.14 bits per heavy atom. The van der Waals surface area contributed by atoms with Crippen LogP contribution in [0, 0.1) is 5.82 Å². The lowest BCUT2D eigenvalue weighted by Crippen LogP contribution is -2.29. The van der Waals surface area contributed by atoms with Gasteiger partial charge in [0.25, 0.3) is 5.91 Å². The highest BCUT2D eigenvalue weighted by Gasteiger charge is 2.37. The van der Waals surface area contributed by atoms with Crippen LogP contribution in [-0.4, -0.2) is 29.9 Å². The van der Waals surface area contributed by atoms with Crippen LogP contribution in [0.3, 0.4) is 0 Å². The first-order chi connectivity index (χ1) is 13.5. The van der Waals surface area contributed by atoms with Gasteiger partial charge in [-0.2, -0.15) is 0 Å². The fourth-order valence-corrected chi connectivity index (χ4v) is 3.50. The Labute approximate surface area is 160 Å². The fraction of sp³-hybridized carbons (Fsp3) is 0.200. The number of aromatic nitrogens is 1. The van der Waals surface area contributed by atoms with Gasteiger partial charge in [0, 0.05) is 47.4 Å². The van der Waals surface area contributed by atoms with Gasteiger partial charge in [-0.3, -0.25) is 4.79 Å². The number of nitrogens with two attached hydrogens (primary N) is 1. The van der Waals surface area contributed by atoms with E-state index in [1.165, 1.54) is 19.1 Å². The molecule has 0 unspecified atom stereocenters. The smallest absolute Gasteiger partial charge is 0.330 e. The number of carbonyl (C=O) groups is 2. The van der Waals surface area contributed by atoms with Gasteiger partial charge in [-0.05, 0) is 43.3 Å². The van der Waals surface area contributed by atoms with E-state index in [2.05, 4.69) is 10.3 Å². The number of carbonyl (C=O) groups excluding carboxylic acids is 2. The summed E-state index contributed by atoms with van der Waals surface area (Å²) in [6.45, 7) is 2.27. The Bertz CT molecular complexity index is 1080. The fourth-order valence-electron chi connectivity index (χ4n) is 3.50. The number of amides is 1. The van der Waals surface area contributed by atoms with Crippen molar-refractivity contribution in [3.05, 3.63) is 47.9 Å². The number of H-pyrrole nitrogens is 1. The zero-order valence-corrected chi connectivity index (χ0v) is 15.2. The van der Waals surface area contributed by atoms with Crippen LogP contribution in [-0.2, 0) is 9.63 Å². The number of halogens is 1. The number of hydroxylamine groups is 1. The molecule has 144 valence electrons. The van der Waals surface area contributed by atoms with E-state index in [4.69, 9.17) is 10.6 Å². The molecule has 0 saturated heterocycles. The Balaban J connectivity index is 2.01. The van der Waals surface area contributed by atoms with Gasteiger partial charge >= 0.3 is 5.97 Å². The minimum atomic E-state index is -0.638. The molecule has 0 spiro atoms. The standard InChI is InChI=1S/C20H19FN4O3/c1-11(26)28-25-16-6-5-13(21)18-15(24-9-3-7-22)10-12(14-4-2-8-23-14)17(19(16)18)20(25)27/h2,4-6,8,10,23-24H,3,7,9,22H2,1H3. The van der Waals surface area contributed by atoms with E-state index in [0.717, 1.165) is 5.06 Å². The normalized spacial score (nSPS) is 12.7. The molecule has 1 aliphatic heterocycles. The summed E-state index contributed by atoms with van der Waals surface area (Å²) in [4.78, 5) is 32.8. The number of hydrogen-bond acceptors (Lipinski definition) is 5. The lowest BCUT2D eigenvalue weighted by Gasteiger charge is -2.15. The summed E-state index contributed by atoms with van der Waals surface area (Å²) < 4.78 is 14.8. The Morgan fingerprint density at radius 3 is 2.82 bits per heavy atom. The van der Waals surface area contributed by atoms with Crippen LogP contribution in [0.1, 0.15) is 23.7 Å². The van der Waals surface area contributed by atoms with E-state index in [1.807, 2.05) is 12.1 Å². The lowest BCUT2D eigenvalue weighted by atomic mass is 9.96. The minimum absolute atomic E-state index is 0.280. The highest BCUT2D eigenvalue weighted by atomic mass is 19.1. The molecular formula is C20H19FN4O3. The van der Waals surface area contributed by atoms with Crippen molar-refractivity contribution in [3.8, 4) is 11.3 Å². The van der Waals surface area contributed by atoms with E-state index in [1.54, 1.807) is 12.3 Å². The molecule has 7 nitrogen and oxygen atoms in total. The maximum atomic E-state index is 14.8. The molecule has 3 aromatic rings. The van der Waals surface area contributed by atoms with E-state index in [0.29, 0.717) is 47.5 Å². The van der Waals surface area contributed by atoms with Gasteiger partial charge in [0.1, 0.15) is 5.82 Å². The molecule has 0 fully saturated rings. The Kier molecular flexibility index (Phi) is 4.48. The summed E-state index contributed by atoms with van der Waals surface area (Å²) in [6.07, 6.45) is 2.45. The van der Waals surface area contributed by atoms with E-state index < -0.39 is 17.7 Å². The Morgan fingerprint density at radius 1 is 1.32 bits per heavy atom. The SMILES string of the molecule is CC(=O)ON1C(=O)c2c(-c3ccc[nH]3)cc(NCCCN)c3c(F)ccc1c23. The van der Waals surface area contributed by atoms with E-state index in [9.17, 15) is 14.0 Å². The maximum absolute atomic E-state index is 14.8. The summed E-state index contributed by atoms with van der Waals surface area (Å²) in [7, 11) is 0. The summed E-state index contributed by atoms with van der Waals surface area (Å²) in [5.74, 6) is -1.62. The molecule has 2 heterocycles. The number of anilines is 2. The average molecular weight is 382 g/mol. The number of aromatic amines is 1. The van der Waals surface area contributed by atoms with Crippen molar-refractivity contribution in [1.82, 2.24) is 4.98 Å². The second-order valence-corrected chi connectivity index (χ2v) is 6.50. The molecule has 1 aliphatic rings. The van der Waals surface area contributed by atoms with Gasteiger partial charge in [0.05, 0.1) is 11.3 Å². The van der Waals surface area contributed by atoms with Crippen molar-refractivity contribution in [3.63, 3.8) is 0 Å². The molecule has 0 bridgehead atoms. The van der Waals surface area contributed by atoms with Gasteiger partial charge in [-0.1, -0.05) is 0 Å². The van der Waals surface area contributed by atoms with E-state index in [-0.39, 0.29) is 10.9 Å². The first-order valence-corrected chi connectivity index (χ1v) is 8.92. The third-order valence-corrected chi connectivity index (χ3v) is 4.63. The summed E-state index contributed by atoms with van der Waals surface area (Å²) in [6, 6.07) is 8.07. The third kappa shape index (κ3) is 2.78. The molecule has 4 N–H and O–H groups in total. The summed E-state index contributed by atoms with van der Waals surface area (Å²) >= 11 is 0. The molecule has 1 amide bonds. The van der Waals surface area contributed by atoms with Crippen molar-refractivity contribution in [1.29, 1.82) is 0 Å². The predicted molar refractivity (Wildman–Crippen MR) is 104 cm³/mol. The third-order valence-electron chi connectivity index (χ3n) is 4.63.